The molecular formula is C26H25BrF2O6. The third kappa shape index (κ3) is 8.84. The molecule has 0 aliphatic heterocycles. The molecule has 35 heavy (non-hydrogen) atoms. The number of halogens is 3. The molecule has 3 rings (SSSR count). The van der Waals surface area contributed by atoms with Gasteiger partial charge in [0.2, 0.25) is 0 Å². The lowest BCUT2D eigenvalue weighted by atomic mass is 9.85. The maximum Gasteiger partial charge on any atom is 0.459 e. The minimum atomic E-state index is -3.41. The number of rotatable bonds is 12. The molecule has 0 saturated carbocycles. The summed E-state index contributed by atoms with van der Waals surface area (Å²) in [4.78, 5) is 10.6. The van der Waals surface area contributed by atoms with Crippen LogP contribution in [0.5, 0.6) is 23.0 Å². The number of carboxylic acid groups (broad SMARTS) is 1. The molecule has 0 aliphatic carbocycles. The van der Waals surface area contributed by atoms with Crippen LogP contribution in [0, 0.1) is 0 Å². The molecule has 0 fully saturated rings. The van der Waals surface area contributed by atoms with E-state index in [0.29, 0.717) is 30.5 Å². The third-order valence-electron chi connectivity index (χ3n) is 4.92. The number of ether oxygens (including phenoxy) is 4. The van der Waals surface area contributed by atoms with E-state index in [0.717, 1.165) is 11.1 Å². The molecule has 0 radical (unpaired) electrons. The monoisotopic (exact) mass is 550 g/mol. The zero-order valence-corrected chi connectivity index (χ0v) is 20.8. The van der Waals surface area contributed by atoms with Gasteiger partial charge in [-0.1, -0.05) is 38.1 Å². The zero-order valence-electron chi connectivity index (χ0n) is 19.2. The molecule has 1 N–H and O–H groups in total. The molecule has 0 unspecified atom stereocenters. The van der Waals surface area contributed by atoms with Gasteiger partial charge in [0.05, 0.1) is 13.2 Å². The second kappa shape index (κ2) is 11.5. The topological polar surface area (TPSA) is 74.2 Å². The summed E-state index contributed by atoms with van der Waals surface area (Å²) in [6, 6.07) is 20.6. The third-order valence-corrected chi connectivity index (χ3v) is 5.08. The van der Waals surface area contributed by atoms with Crippen LogP contribution in [0.15, 0.2) is 72.8 Å². The Bertz CT molecular complexity index is 1110. The Morgan fingerprint density at radius 3 is 2.17 bits per heavy atom. The van der Waals surface area contributed by atoms with Crippen LogP contribution in [0.2, 0.25) is 0 Å². The molecule has 0 atom stereocenters. The van der Waals surface area contributed by atoms with Gasteiger partial charge in [0.25, 0.3) is 0 Å². The SMILES string of the molecule is CC(C)(COCc1cccc(Oc2ccc(OCC(=O)O)cc2)c1)c1ccc(OC(F)(F)Br)cc1. The quantitative estimate of drug-likeness (QED) is 0.251. The first-order valence-corrected chi connectivity index (χ1v) is 11.4. The molecule has 0 aromatic heterocycles. The maximum absolute atomic E-state index is 12.9. The Hall–Kier alpha value is -3.17. The number of carbonyl (C=O) groups is 1. The summed E-state index contributed by atoms with van der Waals surface area (Å²) in [6.07, 6.45) is 0. The van der Waals surface area contributed by atoms with E-state index in [9.17, 15) is 13.6 Å². The van der Waals surface area contributed by atoms with Crippen LogP contribution in [-0.4, -0.2) is 29.3 Å². The number of aliphatic carboxylic acids is 1. The van der Waals surface area contributed by atoms with Gasteiger partial charge in [-0.15, -0.1) is 0 Å². The fourth-order valence-electron chi connectivity index (χ4n) is 3.20. The second-order valence-electron chi connectivity index (χ2n) is 8.35. The van der Waals surface area contributed by atoms with Crippen LogP contribution >= 0.6 is 15.9 Å². The molecule has 0 aliphatic rings. The van der Waals surface area contributed by atoms with Crippen molar-refractivity contribution < 1.29 is 37.6 Å². The first-order valence-electron chi connectivity index (χ1n) is 10.7. The number of hydrogen-bond donors (Lipinski definition) is 1. The highest BCUT2D eigenvalue weighted by Crippen LogP contribution is 2.30. The average Bonchev–Trinajstić information content (AvgIpc) is 2.78. The standard InChI is InChI=1S/C26H25BrF2O6/c1-25(2,19-6-8-22(9-7-19)35-26(27,28)29)17-32-15-18-4-3-5-23(14-18)34-21-12-10-20(11-13-21)33-16-24(30)31/h3-14H,15-17H2,1-2H3,(H,30,31). The normalized spacial score (nSPS) is 11.7. The number of alkyl halides is 3. The zero-order chi connectivity index (χ0) is 25.5. The van der Waals surface area contributed by atoms with Gasteiger partial charge in [-0.05, 0) is 59.7 Å². The molecule has 0 spiro atoms. The molecule has 9 heteroatoms. The van der Waals surface area contributed by atoms with E-state index in [1.807, 2.05) is 38.1 Å². The molecule has 0 amide bonds. The molecule has 6 nitrogen and oxygen atoms in total. The highest BCUT2D eigenvalue weighted by molar-refractivity contribution is 9.09. The number of hydrogen-bond acceptors (Lipinski definition) is 5. The minimum Gasteiger partial charge on any atom is -0.482 e. The van der Waals surface area contributed by atoms with Crippen molar-refractivity contribution in [2.45, 2.75) is 30.9 Å². The first kappa shape index (κ1) is 26.4. The van der Waals surface area contributed by atoms with Gasteiger partial charge in [0, 0.05) is 21.3 Å². The van der Waals surface area contributed by atoms with Crippen LogP contribution in [0.1, 0.15) is 25.0 Å². The van der Waals surface area contributed by atoms with Gasteiger partial charge in [0.15, 0.2) is 6.61 Å². The van der Waals surface area contributed by atoms with E-state index in [2.05, 4.69) is 20.7 Å². The number of benzene rings is 3. The second-order valence-corrected chi connectivity index (χ2v) is 9.28. The lowest BCUT2D eigenvalue weighted by molar-refractivity contribution is -0.139. The highest BCUT2D eigenvalue weighted by atomic mass is 79.9. The van der Waals surface area contributed by atoms with Crippen molar-refractivity contribution in [3.05, 3.63) is 83.9 Å². The Labute approximate surface area is 210 Å². The summed E-state index contributed by atoms with van der Waals surface area (Å²) in [6.45, 7) is 4.37. The van der Waals surface area contributed by atoms with Crippen molar-refractivity contribution in [3.8, 4) is 23.0 Å². The van der Waals surface area contributed by atoms with Crippen LogP contribution in [0.4, 0.5) is 8.78 Å². The molecule has 3 aromatic carbocycles. The molecule has 0 saturated heterocycles. The summed E-state index contributed by atoms with van der Waals surface area (Å²) < 4.78 is 47.3. The van der Waals surface area contributed by atoms with E-state index >= 15 is 0 Å². The van der Waals surface area contributed by atoms with Crippen molar-refractivity contribution in [3.63, 3.8) is 0 Å². The van der Waals surface area contributed by atoms with Crippen molar-refractivity contribution in [1.82, 2.24) is 0 Å². The van der Waals surface area contributed by atoms with Crippen LogP contribution in [0.3, 0.4) is 0 Å². The Morgan fingerprint density at radius 2 is 1.54 bits per heavy atom. The Kier molecular flexibility index (Phi) is 8.69. The largest absolute Gasteiger partial charge is 0.482 e. The van der Waals surface area contributed by atoms with Crippen molar-refractivity contribution in [2.24, 2.45) is 0 Å². The van der Waals surface area contributed by atoms with Crippen LogP contribution in [-0.2, 0) is 21.6 Å². The van der Waals surface area contributed by atoms with E-state index < -0.39 is 17.6 Å². The minimum absolute atomic E-state index is 0.0617. The van der Waals surface area contributed by atoms with Gasteiger partial charge < -0.3 is 24.1 Å². The summed E-state index contributed by atoms with van der Waals surface area (Å²) in [5.41, 5.74) is 1.49. The fourth-order valence-corrected chi connectivity index (χ4v) is 3.39. The Morgan fingerprint density at radius 1 is 0.914 bits per heavy atom. The van der Waals surface area contributed by atoms with Gasteiger partial charge in [-0.3, -0.25) is 0 Å². The van der Waals surface area contributed by atoms with E-state index in [1.54, 1.807) is 36.4 Å². The van der Waals surface area contributed by atoms with Crippen molar-refractivity contribution >= 4 is 21.9 Å². The van der Waals surface area contributed by atoms with Crippen molar-refractivity contribution in [1.29, 1.82) is 0 Å². The van der Waals surface area contributed by atoms with Gasteiger partial charge in [-0.25, -0.2) is 4.79 Å². The van der Waals surface area contributed by atoms with Crippen LogP contribution < -0.4 is 14.2 Å². The smallest absolute Gasteiger partial charge is 0.459 e. The lowest BCUT2D eigenvalue weighted by Crippen LogP contribution is -2.24. The Balaban J connectivity index is 1.53. The molecule has 0 bridgehead atoms. The average molecular weight is 551 g/mol. The van der Waals surface area contributed by atoms with E-state index in [4.69, 9.17) is 19.3 Å². The van der Waals surface area contributed by atoms with E-state index in [-0.39, 0.29) is 11.2 Å². The summed E-state index contributed by atoms with van der Waals surface area (Å²) in [5.74, 6) is 0.665. The number of carboxylic acids is 1. The van der Waals surface area contributed by atoms with Gasteiger partial charge >= 0.3 is 11.0 Å². The summed E-state index contributed by atoms with van der Waals surface area (Å²) >= 11 is 2.16. The van der Waals surface area contributed by atoms with E-state index in [1.165, 1.54) is 12.1 Å². The van der Waals surface area contributed by atoms with Gasteiger partial charge in [0.1, 0.15) is 23.0 Å². The van der Waals surface area contributed by atoms with Gasteiger partial charge in [-0.2, -0.15) is 8.78 Å². The highest BCUT2D eigenvalue weighted by Gasteiger charge is 2.27. The molecule has 0 heterocycles. The van der Waals surface area contributed by atoms with Crippen LogP contribution in [0.25, 0.3) is 0 Å². The van der Waals surface area contributed by atoms with Crippen molar-refractivity contribution in [2.75, 3.05) is 13.2 Å². The first-order chi connectivity index (χ1) is 16.5. The molecule has 3 aromatic rings. The molecule has 186 valence electrons. The maximum atomic E-state index is 12.9. The molecular weight excluding hydrogens is 526 g/mol. The predicted octanol–water partition coefficient (Wildman–Crippen LogP) is 6.76. The summed E-state index contributed by atoms with van der Waals surface area (Å²) in [7, 11) is 0. The lowest BCUT2D eigenvalue weighted by Gasteiger charge is -2.25. The summed E-state index contributed by atoms with van der Waals surface area (Å²) in [5, 5.41) is 5.26. The fraction of sp³-hybridized carbons (Fsp3) is 0.269. The predicted molar refractivity (Wildman–Crippen MR) is 130 cm³/mol.